The molecule has 1 aliphatic heterocycles. The molecular weight excluding hydrogens is 302 g/mol. The van der Waals surface area contributed by atoms with Crippen molar-refractivity contribution in [2.45, 2.75) is 38.3 Å². The Bertz CT molecular complexity index is 598. The fourth-order valence-corrected chi connectivity index (χ4v) is 3.07. The molecule has 6 heteroatoms. The van der Waals surface area contributed by atoms with E-state index in [1.807, 2.05) is 24.3 Å². The van der Waals surface area contributed by atoms with Gasteiger partial charge in [0, 0.05) is 23.2 Å². The summed E-state index contributed by atoms with van der Waals surface area (Å²) in [5, 5.41) is 18.1. The number of benzene rings is 1. The van der Waals surface area contributed by atoms with Crippen molar-refractivity contribution in [3.05, 3.63) is 35.2 Å². The monoisotopic (exact) mass is 321 g/mol. The van der Waals surface area contributed by atoms with Crippen LogP contribution in [0.5, 0.6) is 0 Å². The summed E-state index contributed by atoms with van der Waals surface area (Å²) in [5.74, 6) is 1.14. The zero-order valence-electron chi connectivity index (χ0n) is 12.4. The van der Waals surface area contributed by atoms with Crippen molar-refractivity contribution in [3.63, 3.8) is 0 Å². The van der Waals surface area contributed by atoms with E-state index in [-0.39, 0.29) is 6.61 Å². The molecule has 5 nitrogen and oxygen atoms in total. The molecule has 1 aromatic carbocycles. The molecule has 0 bridgehead atoms. The van der Waals surface area contributed by atoms with Crippen molar-refractivity contribution >= 4 is 11.6 Å². The van der Waals surface area contributed by atoms with Gasteiger partial charge < -0.3 is 9.52 Å². The highest BCUT2D eigenvalue weighted by molar-refractivity contribution is 6.30. The summed E-state index contributed by atoms with van der Waals surface area (Å²) < 4.78 is 5.77. The van der Waals surface area contributed by atoms with Crippen molar-refractivity contribution in [1.82, 2.24) is 15.1 Å². The van der Waals surface area contributed by atoms with Crippen molar-refractivity contribution in [2.24, 2.45) is 0 Å². The summed E-state index contributed by atoms with van der Waals surface area (Å²) in [7, 11) is 0. The maximum absolute atomic E-state index is 9.19. The SMILES string of the molecule is OCCC1CCCCN1Cc1nnc(-c2ccc(Cl)cc2)o1. The average Bonchev–Trinajstić information content (AvgIpc) is 2.99. The van der Waals surface area contributed by atoms with Crippen molar-refractivity contribution < 1.29 is 9.52 Å². The number of hydrogen-bond donors (Lipinski definition) is 1. The molecule has 0 amide bonds. The summed E-state index contributed by atoms with van der Waals surface area (Å²) in [6.45, 7) is 1.88. The van der Waals surface area contributed by atoms with Crippen LogP contribution in [0.3, 0.4) is 0 Å². The van der Waals surface area contributed by atoms with Crippen molar-refractivity contribution in [1.29, 1.82) is 0 Å². The lowest BCUT2D eigenvalue weighted by Crippen LogP contribution is -2.39. The summed E-state index contributed by atoms with van der Waals surface area (Å²) in [5.41, 5.74) is 0.869. The minimum Gasteiger partial charge on any atom is -0.419 e. The Morgan fingerprint density at radius 1 is 1.23 bits per heavy atom. The molecule has 0 aliphatic carbocycles. The second kappa shape index (κ2) is 7.22. The first-order valence-corrected chi connectivity index (χ1v) is 8.07. The van der Waals surface area contributed by atoms with Crippen molar-refractivity contribution in [2.75, 3.05) is 13.2 Å². The molecule has 1 aliphatic rings. The van der Waals surface area contributed by atoms with Gasteiger partial charge in [0.2, 0.25) is 11.8 Å². The molecule has 0 saturated carbocycles. The van der Waals surface area contributed by atoms with Gasteiger partial charge in [-0.25, -0.2) is 0 Å². The van der Waals surface area contributed by atoms with Crippen LogP contribution < -0.4 is 0 Å². The maximum atomic E-state index is 9.19. The Morgan fingerprint density at radius 3 is 2.82 bits per heavy atom. The second-order valence-corrected chi connectivity index (χ2v) is 6.08. The summed E-state index contributed by atoms with van der Waals surface area (Å²) in [4.78, 5) is 2.33. The first-order valence-electron chi connectivity index (χ1n) is 7.69. The highest BCUT2D eigenvalue weighted by Crippen LogP contribution is 2.24. The number of likely N-dealkylation sites (tertiary alicyclic amines) is 1. The van der Waals surface area contributed by atoms with E-state index in [4.69, 9.17) is 16.0 Å². The molecule has 1 saturated heterocycles. The Morgan fingerprint density at radius 2 is 2.05 bits per heavy atom. The Hall–Kier alpha value is -1.43. The molecule has 0 radical (unpaired) electrons. The highest BCUT2D eigenvalue weighted by atomic mass is 35.5. The highest BCUT2D eigenvalue weighted by Gasteiger charge is 2.23. The Balaban J connectivity index is 1.69. The van der Waals surface area contributed by atoms with E-state index in [0.29, 0.717) is 29.4 Å². The molecule has 22 heavy (non-hydrogen) atoms. The minimum atomic E-state index is 0.223. The quantitative estimate of drug-likeness (QED) is 0.916. The van der Waals surface area contributed by atoms with E-state index in [0.717, 1.165) is 24.9 Å². The van der Waals surface area contributed by atoms with Crippen molar-refractivity contribution in [3.8, 4) is 11.5 Å². The molecule has 2 aromatic rings. The predicted octanol–water partition coefficient (Wildman–Crippen LogP) is 3.13. The molecular formula is C16H20ClN3O2. The number of aliphatic hydroxyl groups is 1. The number of hydrogen-bond acceptors (Lipinski definition) is 5. The third kappa shape index (κ3) is 3.66. The molecule has 2 heterocycles. The lowest BCUT2D eigenvalue weighted by molar-refractivity contribution is 0.103. The second-order valence-electron chi connectivity index (χ2n) is 5.64. The van der Waals surface area contributed by atoms with Crippen LogP contribution in [0.1, 0.15) is 31.6 Å². The Labute approximate surface area is 134 Å². The van der Waals surface area contributed by atoms with Crippen LogP contribution in [0.4, 0.5) is 0 Å². The zero-order chi connectivity index (χ0) is 15.4. The summed E-state index contributed by atoms with van der Waals surface area (Å²) in [6.07, 6.45) is 4.33. The maximum Gasteiger partial charge on any atom is 0.247 e. The molecule has 3 rings (SSSR count). The van der Waals surface area contributed by atoms with Gasteiger partial charge in [0.1, 0.15) is 0 Å². The van der Waals surface area contributed by atoms with Crippen LogP contribution in [0.2, 0.25) is 5.02 Å². The first kappa shape index (κ1) is 15.5. The predicted molar refractivity (Wildman–Crippen MR) is 84.5 cm³/mol. The zero-order valence-corrected chi connectivity index (χ0v) is 13.2. The van der Waals surface area contributed by atoms with Crippen LogP contribution in [0, 0.1) is 0 Å². The van der Waals surface area contributed by atoms with Gasteiger partial charge in [-0.1, -0.05) is 18.0 Å². The third-order valence-corrected chi connectivity index (χ3v) is 4.36. The summed E-state index contributed by atoms with van der Waals surface area (Å²) >= 11 is 5.89. The number of piperidine rings is 1. The van der Waals surface area contributed by atoms with E-state index < -0.39 is 0 Å². The van der Waals surface area contributed by atoms with E-state index in [1.54, 1.807) is 0 Å². The molecule has 118 valence electrons. The number of aliphatic hydroxyl groups excluding tert-OH is 1. The van der Waals surface area contributed by atoms with Gasteiger partial charge in [-0.2, -0.15) is 0 Å². The molecule has 1 atom stereocenters. The van der Waals surface area contributed by atoms with Crippen LogP contribution in [-0.4, -0.2) is 39.4 Å². The summed E-state index contributed by atoms with van der Waals surface area (Å²) in [6, 6.07) is 7.76. The van der Waals surface area contributed by atoms with Crippen LogP contribution in [0.25, 0.3) is 11.5 Å². The van der Waals surface area contributed by atoms with Crippen LogP contribution >= 0.6 is 11.6 Å². The normalized spacial score (nSPS) is 19.5. The van der Waals surface area contributed by atoms with Gasteiger partial charge in [0.25, 0.3) is 0 Å². The molecule has 0 spiro atoms. The molecule has 1 aromatic heterocycles. The van der Waals surface area contributed by atoms with Gasteiger partial charge >= 0.3 is 0 Å². The smallest absolute Gasteiger partial charge is 0.247 e. The fraction of sp³-hybridized carbons (Fsp3) is 0.500. The largest absolute Gasteiger partial charge is 0.419 e. The van der Waals surface area contributed by atoms with E-state index in [2.05, 4.69) is 15.1 Å². The van der Waals surface area contributed by atoms with Gasteiger partial charge in [-0.05, 0) is 50.1 Å². The molecule has 1 unspecified atom stereocenters. The first-order chi connectivity index (χ1) is 10.8. The third-order valence-electron chi connectivity index (χ3n) is 4.11. The van der Waals surface area contributed by atoms with Gasteiger partial charge in [0.15, 0.2) is 0 Å². The van der Waals surface area contributed by atoms with Crippen LogP contribution in [-0.2, 0) is 6.54 Å². The Kier molecular flexibility index (Phi) is 5.08. The molecule has 1 N–H and O–H groups in total. The molecule has 1 fully saturated rings. The lowest BCUT2D eigenvalue weighted by atomic mass is 10.00. The van der Waals surface area contributed by atoms with Gasteiger partial charge in [-0.15, -0.1) is 10.2 Å². The minimum absolute atomic E-state index is 0.223. The number of halogens is 1. The number of rotatable bonds is 5. The fourth-order valence-electron chi connectivity index (χ4n) is 2.94. The average molecular weight is 322 g/mol. The topological polar surface area (TPSA) is 62.4 Å². The van der Waals surface area contributed by atoms with Crippen LogP contribution in [0.15, 0.2) is 28.7 Å². The number of aromatic nitrogens is 2. The number of nitrogens with zero attached hydrogens (tertiary/aromatic N) is 3. The van der Waals surface area contributed by atoms with Gasteiger partial charge in [-0.3, -0.25) is 4.90 Å². The van der Waals surface area contributed by atoms with E-state index in [9.17, 15) is 5.11 Å². The van der Waals surface area contributed by atoms with E-state index in [1.165, 1.54) is 12.8 Å². The lowest BCUT2D eigenvalue weighted by Gasteiger charge is -2.34. The van der Waals surface area contributed by atoms with E-state index >= 15 is 0 Å². The standard InChI is InChI=1S/C16H20ClN3O2/c17-13-6-4-12(5-7-13)16-19-18-15(22-16)11-20-9-2-1-3-14(20)8-10-21/h4-7,14,21H,1-3,8-11H2. The van der Waals surface area contributed by atoms with Gasteiger partial charge in [0.05, 0.1) is 6.54 Å².